The summed E-state index contributed by atoms with van der Waals surface area (Å²) in [6.07, 6.45) is 10.0. The summed E-state index contributed by atoms with van der Waals surface area (Å²) in [6, 6.07) is 0. The smallest absolute Gasteiger partial charge is 0.306 e. The van der Waals surface area contributed by atoms with Gasteiger partial charge in [0.05, 0.1) is 13.2 Å². The molecule has 0 saturated heterocycles. The molecule has 5 nitrogen and oxygen atoms in total. The van der Waals surface area contributed by atoms with E-state index in [1.54, 1.807) is 24.3 Å². The zero-order valence-electron chi connectivity index (χ0n) is 15.5. The third-order valence-corrected chi connectivity index (χ3v) is 2.70. The van der Waals surface area contributed by atoms with Crippen LogP contribution in [0.2, 0.25) is 0 Å². The number of hydrogen-bond donors (Lipinski definition) is 1. The number of aliphatic hydroxyl groups excluding tert-OH is 1. The van der Waals surface area contributed by atoms with E-state index in [-0.39, 0.29) is 31.1 Å². The van der Waals surface area contributed by atoms with Gasteiger partial charge >= 0.3 is 11.9 Å². The average Bonchev–Trinajstić information content (AvgIpc) is 2.55. The van der Waals surface area contributed by atoms with E-state index in [1.165, 1.54) is 19.1 Å². The molecule has 0 rings (SSSR count). The minimum absolute atomic E-state index is 0.0484. The van der Waals surface area contributed by atoms with Crippen LogP contribution in [0.1, 0.15) is 33.6 Å². The fourth-order valence-electron chi connectivity index (χ4n) is 1.62. The van der Waals surface area contributed by atoms with E-state index < -0.39 is 6.10 Å². The predicted molar refractivity (Wildman–Crippen MR) is 101 cm³/mol. The predicted octanol–water partition coefficient (Wildman–Crippen LogP) is 2.57. The quantitative estimate of drug-likeness (QED) is 0.390. The first kappa shape index (κ1) is 23.2. The van der Waals surface area contributed by atoms with E-state index in [0.717, 1.165) is 0 Å². The van der Waals surface area contributed by atoms with Crippen LogP contribution >= 0.6 is 0 Å². The van der Waals surface area contributed by atoms with Crippen molar-refractivity contribution in [3.8, 4) is 23.7 Å². The van der Waals surface area contributed by atoms with Gasteiger partial charge in [0.2, 0.25) is 0 Å². The summed E-state index contributed by atoms with van der Waals surface area (Å²) < 4.78 is 10.3. The number of allylic oxidation sites excluding steroid dienone is 4. The van der Waals surface area contributed by atoms with Gasteiger partial charge in [-0.1, -0.05) is 43.9 Å². The molecule has 0 aromatic carbocycles. The lowest BCUT2D eigenvalue weighted by Crippen LogP contribution is -2.19. The maximum absolute atomic E-state index is 11.8. The second kappa shape index (κ2) is 15.7. The molecule has 1 unspecified atom stereocenters. The van der Waals surface area contributed by atoms with Crippen LogP contribution in [0.5, 0.6) is 0 Å². The molecule has 0 aliphatic heterocycles. The Morgan fingerprint density at radius 3 is 2.42 bits per heavy atom. The standard InChI is InChI=1S/C21H26O5/c1-18(2)17-21(24)26-20(14-16-25-19(3)23)13-11-9-7-5-4-6-8-10-12-15-22/h7,9-13,18,20,22H,14-17H2,1-3H3/b9-7+,12-10+,13-11+. The molecule has 1 atom stereocenters. The lowest BCUT2D eigenvalue weighted by atomic mass is 10.1. The molecule has 0 aromatic rings. The van der Waals surface area contributed by atoms with Gasteiger partial charge in [0.15, 0.2) is 0 Å². The van der Waals surface area contributed by atoms with Gasteiger partial charge < -0.3 is 14.6 Å². The van der Waals surface area contributed by atoms with Crippen LogP contribution < -0.4 is 0 Å². The van der Waals surface area contributed by atoms with Crippen LogP contribution in [0.4, 0.5) is 0 Å². The largest absolute Gasteiger partial charge is 0.466 e. The zero-order chi connectivity index (χ0) is 19.6. The molecule has 140 valence electrons. The number of ether oxygens (including phenoxy) is 2. The van der Waals surface area contributed by atoms with Crippen LogP contribution in [0.25, 0.3) is 0 Å². The molecule has 26 heavy (non-hydrogen) atoms. The van der Waals surface area contributed by atoms with Crippen molar-refractivity contribution in [1.82, 2.24) is 0 Å². The first-order valence-electron chi connectivity index (χ1n) is 8.38. The van der Waals surface area contributed by atoms with Crippen LogP contribution in [0.3, 0.4) is 0 Å². The summed E-state index contributed by atoms with van der Waals surface area (Å²) in [5, 5.41) is 8.52. The zero-order valence-corrected chi connectivity index (χ0v) is 15.5. The first-order valence-corrected chi connectivity index (χ1v) is 8.38. The fourth-order valence-corrected chi connectivity index (χ4v) is 1.62. The number of hydrogen-bond acceptors (Lipinski definition) is 5. The van der Waals surface area contributed by atoms with Crippen molar-refractivity contribution in [3.63, 3.8) is 0 Å². The second-order valence-electron chi connectivity index (χ2n) is 5.62. The van der Waals surface area contributed by atoms with E-state index in [1.807, 2.05) is 13.8 Å². The molecular weight excluding hydrogens is 332 g/mol. The van der Waals surface area contributed by atoms with Gasteiger partial charge in [-0.2, -0.15) is 0 Å². The molecule has 0 heterocycles. The molecule has 0 spiro atoms. The molecule has 0 aromatic heterocycles. The fraction of sp³-hybridized carbons (Fsp3) is 0.429. The topological polar surface area (TPSA) is 72.8 Å². The monoisotopic (exact) mass is 358 g/mol. The molecule has 0 radical (unpaired) electrons. The highest BCUT2D eigenvalue weighted by molar-refractivity contribution is 5.70. The first-order chi connectivity index (χ1) is 12.5. The normalized spacial score (nSPS) is 11.9. The van der Waals surface area contributed by atoms with Crippen molar-refractivity contribution in [2.45, 2.75) is 39.7 Å². The summed E-state index contributed by atoms with van der Waals surface area (Å²) in [7, 11) is 0. The Morgan fingerprint density at radius 2 is 1.81 bits per heavy atom. The van der Waals surface area contributed by atoms with Gasteiger partial charge in [-0.25, -0.2) is 0 Å². The van der Waals surface area contributed by atoms with Crippen molar-refractivity contribution >= 4 is 11.9 Å². The highest BCUT2D eigenvalue weighted by atomic mass is 16.6. The van der Waals surface area contributed by atoms with Crippen molar-refractivity contribution in [1.29, 1.82) is 0 Å². The van der Waals surface area contributed by atoms with Crippen LogP contribution in [0.15, 0.2) is 36.5 Å². The summed E-state index contributed by atoms with van der Waals surface area (Å²) in [4.78, 5) is 22.6. The Labute approximate surface area is 155 Å². The van der Waals surface area contributed by atoms with Crippen LogP contribution in [-0.4, -0.2) is 36.4 Å². The summed E-state index contributed by atoms with van der Waals surface area (Å²) in [5.74, 6) is 10.2. The van der Waals surface area contributed by atoms with Crippen LogP contribution in [-0.2, 0) is 19.1 Å². The second-order valence-corrected chi connectivity index (χ2v) is 5.62. The molecule has 1 N–H and O–H groups in total. The highest BCUT2D eigenvalue weighted by Crippen LogP contribution is 2.08. The molecule has 0 saturated carbocycles. The Balaban J connectivity index is 4.59. The van der Waals surface area contributed by atoms with E-state index in [9.17, 15) is 9.59 Å². The van der Waals surface area contributed by atoms with Gasteiger partial charge in [-0.3, -0.25) is 9.59 Å². The molecule has 0 aliphatic rings. The van der Waals surface area contributed by atoms with Crippen molar-refractivity contribution in [2.75, 3.05) is 13.2 Å². The van der Waals surface area contributed by atoms with E-state index in [2.05, 4.69) is 23.7 Å². The van der Waals surface area contributed by atoms with Gasteiger partial charge in [-0.05, 0) is 36.0 Å². The SMILES string of the molecule is CC(=O)OCCC(/C=C/C=C/C#CC#C/C=C/CO)OC(=O)CC(C)C. The average molecular weight is 358 g/mol. The van der Waals surface area contributed by atoms with E-state index in [0.29, 0.717) is 12.8 Å². The molecule has 0 fully saturated rings. The molecule has 0 amide bonds. The number of rotatable bonds is 9. The van der Waals surface area contributed by atoms with E-state index in [4.69, 9.17) is 14.6 Å². The van der Waals surface area contributed by atoms with Gasteiger partial charge in [-0.15, -0.1) is 0 Å². The highest BCUT2D eigenvalue weighted by Gasteiger charge is 2.13. The van der Waals surface area contributed by atoms with E-state index >= 15 is 0 Å². The van der Waals surface area contributed by atoms with Crippen molar-refractivity contribution < 1.29 is 24.2 Å². The lowest BCUT2D eigenvalue weighted by molar-refractivity contribution is -0.149. The molecule has 5 heteroatoms. The number of carbonyl (C=O) groups is 2. The maximum Gasteiger partial charge on any atom is 0.306 e. The summed E-state index contributed by atoms with van der Waals surface area (Å²) in [6.45, 7) is 5.34. The summed E-state index contributed by atoms with van der Waals surface area (Å²) in [5.41, 5.74) is 0. The minimum Gasteiger partial charge on any atom is -0.466 e. The minimum atomic E-state index is -0.471. The maximum atomic E-state index is 11.8. The lowest BCUT2D eigenvalue weighted by Gasteiger charge is -2.15. The van der Waals surface area contributed by atoms with Gasteiger partial charge in [0.1, 0.15) is 6.10 Å². The van der Waals surface area contributed by atoms with Crippen LogP contribution in [0, 0.1) is 29.6 Å². The van der Waals surface area contributed by atoms with Crippen molar-refractivity contribution in [3.05, 3.63) is 36.5 Å². The Morgan fingerprint density at radius 1 is 1.12 bits per heavy atom. The van der Waals surface area contributed by atoms with Gasteiger partial charge in [0.25, 0.3) is 0 Å². The number of aliphatic hydroxyl groups is 1. The summed E-state index contributed by atoms with van der Waals surface area (Å²) >= 11 is 0. The third kappa shape index (κ3) is 16.1. The van der Waals surface area contributed by atoms with Gasteiger partial charge in [0, 0.05) is 19.8 Å². The Hall–Kier alpha value is -2.76. The Bertz CT molecular complexity index is 633. The molecule has 0 bridgehead atoms. The van der Waals surface area contributed by atoms with Crippen molar-refractivity contribution in [2.24, 2.45) is 5.92 Å². The number of carbonyl (C=O) groups excluding carboxylic acids is 2. The Kier molecular flexibility index (Phi) is 14.1. The molecular formula is C21H26O5. The number of esters is 2. The molecule has 0 aliphatic carbocycles. The third-order valence-electron chi connectivity index (χ3n) is 2.70.